The number of ether oxygens (including phenoxy) is 1. The van der Waals surface area contributed by atoms with Crippen LogP contribution in [-0.2, 0) is 27.9 Å². The van der Waals surface area contributed by atoms with Gasteiger partial charge in [0.1, 0.15) is 6.61 Å². The average Bonchev–Trinajstić information content (AvgIpc) is 2.98. The summed E-state index contributed by atoms with van der Waals surface area (Å²) in [5.41, 5.74) is 1.08. The van der Waals surface area contributed by atoms with Gasteiger partial charge in [-0.25, -0.2) is 4.79 Å². The predicted octanol–water partition coefficient (Wildman–Crippen LogP) is 0.923. The molecule has 8 nitrogen and oxygen atoms in total. The van der Waals surface area contributed by atoms with Crippen molar-refractivity contribution in [3.05, 3.63) is 18.0 Å². The molecule has 2 N–H and O–H groups in total. The van der Waals surface area contributed by atoms with Gasteiger partial charge in [0.15, 0.2) is 0 Å². The molecule has 1 aromatic rings. The van der Waals surface area contributed by atoms with Gasteiger partial charge < -0.3 is 15.2 Å². The lowest BCUT2D eigenvalue weighted by Crippen LogP contribution is -2.62. The van der Waals surface area contributed by atoms with Crippen LogP contribution in [-0.4, -0.2) is 69.2 Å². The molecule has 0 saturated carbocycles. The van der Waals surface area contributed by atoms with Gasteiger partial charge in [-0.15, -0.1) is 0 Å². The third-order valence-electron chi connectivity index (χ3n) is 4.77. The smallest absolute Gasteiger partial charge is 0.475 e. The van der Waals surface area contributed by atoms with Crippen LogP contribution in [0.5, 0.6) is 0 Å². The van der Waals surface area contributed by atoms with Crippen molar-refractivity contribution < 1.29 is 32.6 Å². The second-order valence-corrected chi connectivity index (χ2v) is 6.74. The van der Waals surface area contributed by atoms with Crippen molar-refractivity contribution >= 4 is 11.9 Å². The molecule has 152 valence electrons. The van der Waals surface area contributed by atoms with E-state index in [1.54, 1.807) is 0 Å². The molecule has 1 aromatic heterocycles. The van der Waals surface area contributed by atoms with E-state index < -0.39 is 12.1 Å². The molecule has 1 unspecified atom stereocenters. The summed E-state index contributed by atoms with van der Waals surface area (Å²) in [5, 5.41) is 14.3. The molecule has 0 aromatic carbocycles. The molecular weight excluding hydrogens is 369 g/mol. The Morgan fingerprint density at radius 3 is 2.48 bits per heavy atom. The number of alkyl halides is 3. The minimum atomic E-state index is -5.08. The molecule has 2 fully saturated rings. The van der Waals surface area contributed by atoms with Crippen molar-refractivity contribution in [1.29, 1.82) is 0 Å². The highest BCUT2D eigenvalue weighted by molar-refractivity contribution is 5.78. The van der Waals surface area contributed by atoms with E-state index in [9.17, 15) is 18.0 Å². The molecule has 0 bridgehead atoms. The van der Waals surface area contributed by atoms with Gasteiger partial charge in [0, 0.05) is 38.4 Å². The van der Waals surface area contributed by atoms with E-state index in [-0.39, 0.29) is 24.2 Å². The standard InChI is InChI=1S/C14H22N4O2.C2HF3O2/c1-11-14(20-10-13(19)16-11)3-5-18(6-4-14)9-12-7-15-17(2)8-12;3-2(4,5)1(6)7/h7-8,11H,3-6,9-10H2,1-2H3,(H,16,19);(H,6,7). The maximum atomic E-state index is 11.4. The van der Waals surface area contributed by atoms with Gasteiger partial charge in [-0.2, -0.15) is 18.3 Å². The van der Waals surface area contributed by atoms with E-state index in [2.05, 4.69) is 21.5 Å². The number of likely N-dealkylation sites (tertiary alicyclic amines) is 1. The Hall–Kier alpha value is -2.14. The molecule has 3 heterocycles. The zero-order valence-electron chi connectivity index (χ0n) is 15.1. The number of morpholine rings is 1. The number of piperidine rings is 1. The number of nitrogens with zero attached hydrogens (tertiary/aromatic N) is 3. The number of carbonyl (C=O) groups excluding carboxylic acids is 1. The number of aryl methyl sites for hydroxylation is 1. The maximum absolute atomic E-state index is 11.4. The summed E-state index contributed by atoms with van der Waals surface area (Å²) >= 11 is 0. The highest BCUT2D eigenvalue weighted by Gasteiger charge is 2.44. The highest BCUT2D eigenvalue weighted by Crippen LogP contribution is 2.32. The summed E-state index contributed by atoms with van der Waals surface area (Å²) in [5.74, 6) is -2.76. The number of hydrogen-bond acceptors (Lipinski definition) is 5. The van der Waals surface area contributed by atoms with Crippen LogP contribution in [0.3, 0.4) is 0 Å². The molecule has 2 aliphatic rings. The van der Waals surface area contributed by atoms with E-state index in [1.807, 2.05) is 24.9 Å². The number of amides is 1. The second-order valence-electron chi connectivity index (χ2n) is 6.74. The Labute approximate surface area is 154 Å². The molecule has 0 aliphatic carbocycles. The van der Waals surface area contributed by atoms with Gasteiger partial charge in [0.2, 0.25) is 5.91 Å². The topological polar surface area (TPSA) is 96.7 Å². The Balaban J connectivity index is 0.000000321. The molecule has 27 heavy (non-hydrogen) atoms. The van der Waals surface area contributed by atoms with Crippen molar-refractivity contribution in [2.75, 3.05) is 19.7 Å². The quantitative estimate of drug-likeness (QED) is 0.777. The maximum Gasteiger partial charge on any atom is 0.490 e. The molecule has 2 saturated heterocycles. The first-order valence-electron chi connectivity index (χ1n) is 8.45. The minimum Gasteiger partial charge on any atom is -0.475 e. The van der Waals surface area contributed by atoms with E-state index in [0.29, 0.717) is 0 Å². The predicted molar refractivity (Wildman–Crippen MR) is 87.7 cm³/mol. The van der Waals surface area contributed by atoms with Crippen molar-refractivity contribution in [1.82, 2.24) is 20.0 Å². The normalized spacial score (nSPS) is 22.7. The number of hydrogen-bond donors (Lipinski definition) is 2. The lowest BCUT2D eigenvalue weighted by molar-refractivity contribution is -0.192. The van der Waals surface area contributed by atoms with Gasteiger partial charge in [-0.1, -0.05) is 0 Å². The largest absolute Gasteiger partial charge is 0.490 e. The summed E-state index contributed by atoms with van der Waals surface area (Å²) in [6.07, 6.45) is 0.831. The van der Waals surface area contributed by atoms with Gasteiger partial charge in [0.05, 0.1) is 17.8 Å². The van der Waals surface area contributed by atoms with Gasteiger partial charge in [0.25, 0.3) is 0 Å². The van der Waals surface area contributed by atoms with E-state index >= 15 is 0 Å². The zero-order valence-corrected chi connectivity index (χ0v) is 15.1. The fraction of sp³-hybridized carbons (Fsp3) is 0.688. The summed E-state index contributed by atoms with van der Waals surface area (Å²) in [6.45, 7) is 5.18. The zero-order chi connectivity index (χ0) is 20.2. The number of carbonyl (C=O) groups is 2. The van der Waals surface area contributed by atoms with Crippen molar-refractivity contribution in [2.24, 2.45) is 7.05 Å². The molecule has 1 spiro atoms. The fourth-order valence-electron chi connectivity index (χ4n) is 3.23. The number of carboxylic acid groups (broad SMARTS) is 1. The molecule has 3 rings (SSSR count). The molecule has 0 radical (unpaired) electrons. The third-order valence-corrected chi connectivity index (χ3v) is 4.77. The first kappa shape index (κ1) is 21.2. The van der Waals surface area contributed by atoms with E-state index in [0.717, 1.165) is 32.5 Å². The van der Waals surface area contributed by atoms with Crippen LogP contribution in [0.25, 0.3) is 0 Å². The average molecular weight is 392 g/mol. The van der Waals surface area contributed by atoms with E-state index in [1.165, 1.54) is 5.56 Å². The number of rotatable bonds is 2. The van der Waals surface area contributed by atoms with E-state index in [4.69, 9.17) is 14.6 Å². The second kappa shape index (κ2) is 8.26. The van der Waals surface area contributed by atoms with Crippen molar-refractivity contribution in [2.45, 2.75) is 44.1 Å². The van der Waals surface area contributed by atoms with Gasteiger partial charge in [-0.05, 0) is 19.8 Å². The Kier molecular flexibility index (Phi) is 6.47. The van der Waals surface area contributed by atoms with Crippen LogP contribution in [0.1, 0.15) is 25.3 Å². The van der Waals surface area contributed by atoms with Crippen LogP contribution in [0.4, 0.5) is 13.2 Å². The van der Waals surface area contributed by atoms with Crippen LogP contribution in [0, 0.1) is 0 Å². The summed E-state index contributed by atoms with van der Waals surface area (Å²) < 4.78 is 39.5. The SMILES string of the molecule is CC1NC(=O)COC12CCN(Cc1cnn(C)c1)CC2.O=C(O)C(F)(F)F. The van der Waals surface area contributed by atoms with Crippen molar-refractivity contribution in [3.63, 3.8) is 0 Å². The number of carboxylic acids is 1. The minimum absolute atomic E-state index is 0.000847. The lowest BCUT2D eigenvalue weighted by atomic mass is 9.83. The molecule has 2 aliphatic heterocycles. The molecule has 1 amide bonds. The van der Waals surface area contributed by atoms with Crippen LogP contribution < -0.4 is 5.32 Å². The summed E-state index contributed by atoms with van der Waals surface area (Å²) in [6, 6.07) is 0.101. The summed E-state index contributed by atoms with van der Waals surface area (Å²) in [7, 11) is 1.94. The first-order chi connectivity index (χ1) is 12.5. The van der Waals surface area contributed by atoms with Crippen LogP contribution in [0.15, 0.2) is 12.4 Å². The summed E-state index contributed by atoms with van der Waals surface area (Å²) in [4.78, 5) is 22.7. The lowest BCUT2D eigenvalue weighted by Gasteiger charge is -2.47. The number of nitrogens with one attached hydrogen (secondary N) is 1. The fourth-order valence-corrected chi connectivity index (χ4v) is 3.23. The Morgan fingerprint density at radius 1 is 1.44 bits per heavy atom. The molecule has 1 atom stereocenters. The number of halogens is 3. The molecular formula is C16H23F3N4O4. The highest BCUT2D eigenvalue weighted by atomic mass is 19.4. The Morgan fingerprint density at radius 2 is 2.04 bits per heavy atom. The van der Waals surface area contributed by atoms with Crippen molar-refractivity contribution in [3.8, 4) is 0 Å². The first-order valence-corrected chi connectivity index (χ1v) is 8.45. The van der Waals surface area contributed by atoms with Gasteiger partial charge in [-0.3, -0.25) is 14.4 Å². The van der Waals surface area contributed by atoms with Gasteiger partial charge >= 0.3 is 12.1 Å². The number of aromatic nitrogens is 2. The Bertz CT molecular complexity index is 669. The number of aliphatic carboxylic acids is 1. The third kappa shape index (κ3) is 5.67. The molecule has 11 heteroatoms. The van der Waals surface area contributed by atoms with Crippen LogP contribution >= 0.6 is 0 Å². The van der Waals surface area contributed by atoms with Crippen LogP contribution in [0.2, 0.25) is 0 Å². The monoisotopic (exact) mass is 392 g/mol.